The van der Waals surface area contributed by atoms with Gasteiger partial charge in [-0.15, -0.1) is 21.5 Å². The van der Waals surface area contributed by atoms with Gasteiger partial charge in [-0.1, -0.05) is 54.2 Å². The Hall–Kier alpha value is -3.80. The molecule has 4 heterocycles. The van der Waals surface area contributed by atoms with Gasteiger partial charge in [-0.3, -0.25) is 14.3 Å². The van der Waals surface area contributed by atoms with E-state index in [0.29, 0.717) is 47.0 Å². The van der Waals surface area contributed by atoms with Gasteiger partial charge in [0.15, 0.2) is 10.9 Å². The number of benzene rings is 2. The number of halogens is 1. The second-order valence-corrected chi connectivity index (χ2v) is 10.9. The van der Waals surface area contributed by atoms with Crippen LogP contribution in [0.2, 0.25) is 0 Å². The van der Waals surface area contributed by atoms with E-state index in [1.54, 1.807) is 41.2 Å². The van der Waals surface area contributed by atoms with E-state index in [4.69, 9.17) is 4.42 Å². The van der Waals surface area contributed by atoms with Crippen molar-refractivity contribution in [3.05, 3.63) is 100 Å². The van der Waals surface area contributed by atoms with Crippen molar-refractivity contribution in [1.29, 1.82) is 0 Å². The first-order valence-electron chi connectivity index (χ1n) is 12.5. The predicted octanol–water partition coefficient (Wildman–Crippen LogP) is 5.37. The lowest BCUT2D eigenvalue weighted by Crippen LogP contribution is -2.48. The third-order valence-electron chi connectivity index (χ3n) is 6.47. The summed E-state index contributed by atoms with van der Waals surface area (Å²) in [6.07, 6.45) is 1.54. The largest absolute Gasteiger partial charge is 0.461 e. The monoisotopic (exact) mass is 560 g/mol. The molecule has 0 N–H and O–H groups in total. The number of carbonyl (C=O) groups excluding carboxylic acids is 1. The Morgan fingerprint density at radius 2 is 1.77 bits per heavy atom. The van der Waals surface area contributed by atoms with E-state index >= 15 is 0 Å². The van der Waals surface area contributed by atoms with E-state index in [-0.39, 0.29) is 5.91 Å². The number of thioether (sulfide) groups is 1. The molecule has 11 heteroatoms. The topological polar surface area (TPSA) is 80.3 Å². The third kappa shape index (κ3) is 5.65. The van der Waals surface area contributed by atoms with Crippen LogP contribution in [0.4, 0.5) is 4.39 Å². The molecule has 1 aliphatic heterocycles. The van der Waals surface area contributed by atoms with Gasteiger partial charge in [0.25, 0.3) is 5.91 Å². The van der Waals surface area contributed by atoms with E-state index in [2.05, 4.69) is 44.3 Å². The second-order valence-electron chi connectivity index (χ2n) is 9.04. The fourth-order valence-electron chi connectivity index (χ4n) is 4.49. The Labute approximate surface area is 233 Å². The zero-order valence-electron chi connectivity index (χ0n) is 20.9. The summed E-state index contributed by atoms with van der Waals surface area (Å²) in [6.45, 7) is 3.90. The van der Waals surface area contributed by atoms with Gasteiger partial charge in [-0.2, -0.15) is 0 Å². The molecule has 0 bridgehead atoms. The zero-order valence-corrected chi connectivity index (χ0v) is 22.6. The average molecular weight is 561 g/mol. The van der Waals surface area contributed by atoms with E-state index in [9.17, 15) is 9.18 Å². The zero-order chi connectivity index (χ0) is 26.6. The van der Waals surface area contributed by atoms with Crippen LogP contribution in [-0.4, -0.2) is 61.6 Å². The molecule has 1 amide bonds. The first kappa shape index (κ1) is 25.5. The first-order valence-corrected chi connectivity index (χ1v) is 14.4. The number of furan rings is 1. The van der Waals surface area contributed by atoms with Crippen LogP contribution >= 0.6 is 23.1 Å². The van der Waals surface area contributed by atoms with Gasteiger partial charge in [0.1, 0.15) is 16.5 Å². The highest BCUT2D eigenvalue weighted by molar-refractivity contribution is 7.98. The van der Waals surface area contributed by atoms with Gasteiger partial charge in [-0.05, 0) is 29.8 Å². The molecule has 1 aliphatic rings. The molecule has 2 aromatic carbocycles. The van der Waals surface area contributed by atoms with Crippen molar-refractivity contribution in [2.75, 3.05) is 26.2 Å². The van der Waals surface area contributed by atoms with Crippen LogP contribution in [0.3, 0.4) is 0 Å². The van der Waals surface area contributed by atoms with Crippen LogP contribution in [0, 0.1) is 5.82 Å². The standard InChI is InChI=1S/C28H25FN6O2S2/c29-21-9-4-5-10-23(21)35-26(24-11-6-16-37-24)31-32-28(35)39-19-25-30-22(18-38-25)27(36)34-14-12-33(13-15-34)17-20-7-2-1-3-8-20/h1-11,16,18H,12-15,17,19H2. The lowest BCUT2D eigenvalue weighted by atomic mass is 10.2. The molecule has 0 radical (unpaired) electrons. The van der Waals surface area contributed by atoms with Crippen molar-refractivity contribution in [3.63, 3.8) is 0 Å². The van der Waals surface area contributed by atoms with Gasteiger partial charge in [0.05, 0.1) is 17.7 Å². The summed E-state index contributed by atoms with van der Waals surface area (Å²) in [5, 5.41) is 11.7. The van der Waals surface area contributed by atoms with E-state index in [1.165, 1.54) is 34.7 Å². The SMILES string of the molecule is O=C(c1csc(CSc2nnc(-c3ccco3)n2-c2ccccc2F)n1)N1CCN(Cc2ccccc2)CC1. The van der Waals surface area contributed by atoms with Crippen LogP contribution in [0.5, 0.6) is 0 Å². The minimum absolute atomic E-state index is 0.0449. The van der Waals surface area contributed by atoms with E-state index in [1.807, 2.05) is 16.3 Å². The quantitative estimate of drug-likeness (QED) is 0.236. The number of hydrogen-bond acceptors (Lipinski definition) is 8. The average Bonchev–Trinajstić information content (AvgIpc) is 3.74. The number of piperazine rings is 1. The summed E-state index contributed by atoms with van der Waals surface area (Å²) in [5.74, 6) is 0.931. The van der Waals surface area contributed by atoms with Gasteiger partial charge in [0.2, 0.25) is 5.82 Å². The molecule has 0 spiro atoms. The summed E-state index contributed by atoms with van der Waals surface area (Å²) in [5.41, 5.74) is 2.07. The Balaban J connectivity index is 1.11. The summed E-state index contributed by atoms with van der Waals surface area (Å²) in [7, 11) is 0. The molecule has 198 valence electrons. The molecule has 5 aromatic rings. The molecule has 0 atom stereocenters. The molecular formula is C28H25FN6O2S2. The lowest BCUT2D eigenvalue weighted by molar-refractivity contribution is 0.0623. The van der Waals surface area contributed by atoms with Crippen molar-refractivity contribution in [2.45, 2.75) is 17.5 Å². The molecule has 6 rings (SSSR count). The number of nitrogens with zero attached hydrogens (tertiary/aromatic N) is 6. The van der Waals surface area contributed by atoms with Crippen LogP contribution in [-0.2, 0) is 12.3 Å². The minimum Gasteiger partial charge on any atom is -0.461 e. The predicted molar refractivity (Wildman–Crippen MR) is 148 cm³/mol. The van der Waals surface area contributed by atoms with Crippen molar-refractivity contribution in [1.82, 2.24) is 29.5 Å². The Kier molecular flexibility index (Phi) is 7.53. The Morgan fingerprint density at radius 3 is 2.54 bits per heavy atom. The summed E-state index contributed by atoms with van der Waals surface area (Å²) in [4.78, 5) is 22.0. The number of aromatic nitrogens is 4. The molecule has 1 fully saturated rings. The minimum atomic E-state index is -0.391. The Morgan fingerprint density at radius 1 is 0.974 bits per heavy atom. The van der Waals surface area contributed by atoms with Gasteiger partial charge in [0, 0.05) is 38.1 Å². The number of amides is 1. The van der Waals surface area contributed by atoms with E-state index in [0.717, 1.165) is 24.6 Å². The molecule has 3 aromatic heterocycles. The van der Waals surface area contributed by atoms with Crippen LogP contribution in [0.1, 0.15) is 21.1 Å². The number of hydrogen-bond donors (Lipinski definition) is 0. The normalized spacial score (nSPS) is 14.1. The van der Waals surface area contributed by atoms with Crippen molar-refractivity contribution in [3.8, 4) is 17.3 Å². The maximum Gasteiger partial charge on any atom is 0.273 e. The highest BCUT2D eigenvalue weighted by Crippen LogP contribution is 2.31. The fourth-order valence-corrected chi connectivity index (χ4v) is 6.22. The molecule has 1 saturated heterocycles. The maximum absolute atomic E-state index is 14.7. The second kappa shape index (κ2) is 11.5. The molecular weight excluding hydrogens is 535 g/mol. The first-order chi connectivity index (χ1) is 19.2. The summed E-state index contributed by atoms with van der Waals surface area (Å²) in [6, 6.07) is 20.4. The van der Waals surface area contributed by atoms with Gasteiger partial charge >= 0.3 is 0 Å². The smallest absolute Gasteiger partial charge is 0.273 e. The summed E-state index contributed by atoms with van der Waals surface area (Å²) < 4.78 is 21.9. The number of para-hydroxylation sites is 1. The lowest BCUT2D eigenvalue weighted by Gasteiger charge is -2.34. The maximum atomic E-state index is 14.7. The van der Waals surface area contributed by atoms with Gasteiger partial charge < -0.3 is 9.32 Å². The molecule has 0 saturated carbocycles. The Bertz CT molecular complexity index is 1550. The molecule has 0 aliphatic carbocycles. The number of rotatable bonds is 8. The van der Waals surface area contributed by atoms with Crippen LogP contribution in [0.25, 0.3) is 17.3 Å². The number of carbonyl (C=O) groups is 1. The summed E-state index contributed by atoms with van der Waals surface area (Å²) >= 11 is 2.81. The van der Waals surface area contributed by atoms with Crippen molar-refractivity contribution in [2.24, 2.45) is 0 Å². The third-order valence-corrected chi connectivity index (χ3v) is 8.44. The highest BCUT2D eigenvalue weighted by atomic mass is 32.2. The van der Waals surface area contributed by atoms with Crippen LogP contribution in [0.15, 0.2) is 87.9 Å². The molecule has 8 nitrogen and oxygen atoms in total. The molecule has 0 unspecified atom stereocenters. The van der Waals surface area contributed by atoms with E-state index < -0.39 is 5.82 Å². The number of thiazole rings is 1. The van der Waals surface area contributed by atoms with Crippen molar-refractivity contribution >= 4 is 29.0 Å². The van der Waals surface area contributed by atoms with Crippen LogP contribution < -0.4 is 0 Å². The van der Waals surface area contributed by atoms with Crippen molar-refractivity contribution < 1.29 is 13.6 Å². The molecule has 39 heavy (non-hydrogen) atoms. The fraction of sp³-hybridized carbons (Fsp3) is 0.214. The highest BCUT2D eigenvalue weighted by Gasteiger charge is 2.25. The van der Waals surface area contributed by atoms with Gasteiger partial charge in [-0.25, -0.2) is 9.37 Å².